The second-order valence-electron chi connectivity index (χ2n) is 8.20. The molecule has 1 saturated heterocycles. The molecule has 6 nitrogen and oxygen atoms in total. The Labute approximate surface area is 189 Å². The quantitative estimate of drug-likeness (QED) is 0.504. The molecule has 0 radical (unpaired) electrons. The van der Waals surface area contributed by atoms with Gasteiger partial charge in [-0.25, -0.2) is 4.98 Å². The third-order valence-corrected chi connectivity index (χ3v) is 6.13. The molecule has 0 atom stereocenters. The first-order valence-electron chi connectivity index (χ1n) is 11.5. The molecular weight excluding hydrogens is 400 g/mol. The Hall–Kier alpha value is -3.12. The first-order valence-corrected chi connectivity index (χ1v) is 11.5. The number of aromatic nitrogens is 3. The minimum atomic E-state index is 0.126. The normalized spacial score (nSPS) is 13.9. The van der Waals surface area contributed by atoms with Crippen LogP contribution in [0.2, 0.25) is 0 Å². The molecule has 32 heavy (non-hydrogen) atoms. The highest BCUT2D eigenvalue weighted by Gasteiger charge is 2.20. The van der Waals surface area contributed by atoms with Gasteiger partial charge in [-0.15, -0.1) is 0 Å². The van der Waals surface area contributed by atoms with Crippen LogP contribution < -0.4 is 0 Å². The van der Waals surface area contributed by atoms with Crippen molar-refractivity contribution in [2.75, 3.05) is 19.7 Å². The van der Waals surface area contributed by atoms with Gasteiger partial charge in [-0.2, -0.15) is 0 Å². The number of amides is 1. The maximum atomic E-state index is 12.9. The number of carbonyl (C=O) groups excluding carboxylic acids is 1. The van der Waals surface area contributed by atoms with Crippen LogP contribution in [0.5, 0.6) is 0 Å². The fraction of sp³-hybridized carbons (Fsp3) is 0.385. The summed E-state index contributed by atoms with van der Waals surface area (Å²) in [7, 11) is 2.05. The molecule has 1 fully saturated rings. The van der Waals surface area contributed by atoms with Crippen LogP contribution >= 0.6 is 0 Å². The van der Waals surface area contributed by atoms with E-state index in [1.807, 2.05) is 23.1 Å². The largest absolute Gasteiger partial charge is 0.397 e. The van der Waals surface area contributed by atoms with Crippen molar-refractivity contribution in [3.05, 3.63) is 54.1 Å². The van der Waals surface area contributed by atoms with E-state index in [-0.39, 0.29) is 12.5 Å². The van der Waals surface area contributed by atoms with E-state index in [2.05, 4.69) is 53.4 Å². The standard InChI is InChI=1S/C24H26N4O.C2H6O/c1-3-28-20-10-6-5-9-17(20)16-22(28)23-25-19-15-18(11-12-21(19)26(23)2)24(29)27-13-7-4-8-14-27;1-2-3/h5-6,9-12,15-16H,3-4,7-8,13-14H2,1-2H3;3H,2H2,1H3. The number of rotatable bonds is 3. The molecule has 0 aliphatic carbocycles. The number of para-hydroxylation sites is 1. The van der Waals surface area contributed by atoms with Gasteiger partial charge < -0.3 is 19.1 Å². The van der Waals surface area contributed by atoms with Gasteiger partial charge in [0.2, 0.25) is 0 Å². The topological polar surface area (TPSA) is 63.3 Å². The lowest BCUT2D eigenvalue weighted by Gasteiger charge is -2.26. The molecule has 2 aromatic carbocycles. The van der Waals surface area contributed by atoms with Crippen molar-refractivity contribution in [1.82, 2.24) is 19.0 Å². The summed E-state index contributed by atoms with van der Waals surface area (Å²) in [4.78, 5) is 19.8. The summed E-state index contributed by atoms with van der Waals surface area (Å²) in [5.74, 6) is 1.06. The summed E-state index contributed by atoms with van der Waals surface area (Å²) >= 11 is 0. The Morgan fingerprint density at radius 1 is 1.00 bits per heavy atom. The van der Waals surface area contributed by atoms with E-state index in [4.69, 9.17) is 10.1 Å². The number of hydrogen-bond acceptors (Lipinski definition) is 3. The zero-order chi connectivity index (χ0) is 22.7. The van der Waals surface area contributed by atoms with E-state index < -0.39 is 0 Å². The maximum absolute atomic E-state index is 12.9. The van der Waals surface area contributed by atoms with E-state index >= 15 is 0 Å². The lowest BCUT2D eigenvalue weighted by molar-refractivity contribution is 0.0724. The number of aryl methyl sites for hydroxylation is 2. The molecule has 0 unspecified atom stereocenters. The van der Waals surface area contributed by atoms with Crippen molar-refractivity contribution < 1.29 is 9.90 Å². The van der Waals surface area contributed by atoms with E-state index in [1.54, 1.807) is 6.92 Å². The van der Waals surface area contributed by atoms with Crippen molar-refractivity contribution in [3.63, 3.8) is 0 Å². The molecule has 2 aromatic heterocycles. The van der Waals surface area contributed by atoms with Gasteiger partial charge in [0.1, 0.15) is 0 Å². The van der Waals surface area contributed by atoms with E-state index in [1.165, 1.54) is 17.3 Å². The second-order valence-corrected chi connectivity index (χ2v) is 8.20. The SMILES string of the molecule is CCO.CCn1c(-c2nc3cc(C(=O)N4CCCCC4)ccc3n2C)cc2ccccc21. The van der Waals surface area contributed by atoms with Crippen LogP contribution in [0.25, 0.3) is 33.5 Å². The summed E-state index contributed by atoms with van der Waals surface area (Å²) in [6.07, 6.45) is 3.42. The Kier molecular flexibility index (Phi) is 6.61. The monoisotopic (exact) mass is 432 g/mol. The molecule has 1 amide bonds. The second kappa shape index (κ2) is 9.57. The predicted octanol–water partition coefficient (Wildman–Crippen LogP) is 4.84. The number of benzene rings is 2. The predicted molar refractivity (Wildman–Crippen MR) is 130 cm³/mol. The first kappa shape index (κ1) is 22.1. The van der Waals surface area contributed by atoms with Crippen LogP contribution in [-0.2, 0) is 13.6 Å². The molecule has 6 heteroatoms. The minimum Gasteiger partial charge on any atom is -0.397 e. The molecule has 0 spiro atoms. The highest BCUT2D eigenvalue weighted by atomic mass is 16.2. The first-order chi connectivity index (χ1) is 15.6. The number of nitrogens with zero attached hydrogens (tertiary/aromatic N) is 4. The highest BCUT2D eigenvalue weighted by Crippen LogP contribution is 2.30. The van der Waals surface area contributed by atoms with Crippen LogP contribution in [0, 0.1) is 0 Å². The molecule has 1 aliphatic rings. The highest BCUT2D eigenvalue weighted by molar-refractivity contribution is 5.98. The van der Waals surface area contributed by atoms with Gasteiger partial charge in [0.25, 0.3) is 5.91 Å². The van der Waals surface area contributed by atoms with Crippen molar-refractivity contribution in [2.24, 2.45) is 7.05 Å². The minimum absolute atomic E-state index is 0.126. The summed E-state index contributed by atoms with van der Waals surface area (Å²) in [6.45, 7) is 6.70. The third-order valence-electron chi connectivity index (χ3n) is 6.13. The smallest absolute Gasteiger partial charge is 0.253 e. The summed E-state index contributed by atoms with van der Waals surface area (Å²) in [6, 6.07) is 16.6. The Morgan fingerprint density at radius 2 is 1.72 bits per heavy atom. The van der Waals surface area contributed by atoms with Crippen LogP contribution in [0.4, 0.5) is 0 Å². The summed E-state index contributed by atoms with van der Waals surface area (Å²) in [5.41, 5.74) is 4.98. The number of fused-ring (bicyclic) bond motifs is 2. The van der Waals surface area contributed by atoms with Crippen LogP contribution in [0.1, 0.15) is 43.5 Å². The zero-order valence-electron chi connectivity index (χ0n) is 19.2. The third kappa shape index (κ3) is 4.02. The molecule has 1 aliphatic heterocycles. The van der Waals surface area contributed by atoms with Crippen LogP contribution in [-0.4, -0.2) is 49.7 Å². The number of likely N-dealkylation sites (tertiary alicyclic amines) is 1. The molecule has 0 saturated carbocycles. The van der Waals surface area contributed by atoms with Gasteiger partial charge in [0.15, 0.2) is 5.82 Å². The molecule has 168 valence electrons. The molecule has 3 heterocycles. The summed E-state index contributed by atoms with van der Waals surface area (Å²) in [5, 5.41) is 8.79. The molecule has 0 bridgehead atoms. The van der Waals surface area contributed by atoms with Gasteiger partial charge in [-0.3, -0.25) is 4.79 Å². The van der Waals surface area contributed by atoms with Crippen molar-refractivity contribution >= 4 is 27.8 Å². The average molecular weight is 433 g/mol. The number of imidazole rings is 1. The van der Waals surface area contributed by atoms with Gasteiger partial charge in [-0.1, -0.05) is 18.2 Å². The molecular formula is C26H32N4O2. The van der Waals surface area contributed by atoms with Crippen molar-refractivity contribution in [2.45, 2.75) is 39.7 Å². The fourth-order valence-corrected chi connectivity index (χ4v) is 4.58. The van der Waals surface area contributed by atoms with E-state index in [0.717, 1.165) is 60.6 Å². The number of piperidine rings is 1. The van der Waals surface area contributed by atoms with Crippen molar-refractivity contribution in [1.29, 1.82) is 0 Å². The number of hydrogen-bond donors (Lipinski definition) is 1. The van der Waals surface area contributed by atoms with Crippen molar-refractivity contribution in [3.8, 4) is 11.5 Å². The fourth-order valence-electron chi connectivity index (χ4n) is 4.58. The average Bonchev–Trinajstić information content (AvgIpc) is 3.36. The maximum Gasteiger partial charge on any atom is 0.253 e. The van der Waals surface area contributed by atoms with Gasteiger partial charge in [0.05, 0.1) is 16.7 Å². The molecule has 5 rings (SSSR count). The Balaban J connectivity index is 0.000000775. The van der Waals surface area contributed by atoms with E-state index in [0.29, 0.717) is 0 Å². The van der Waals surface area contributed by atoms with Crippen LogP contribution in [0.15, 0.2) is 48.5 Å². The zero-order valence-corrected chi connectivity index (χ0v) is 19.2. The lowest BCUT2D eigenvalue weighted by Crippen LogP contribution is -2.35. The molecule has 4 aromatic rings. The number of aliphatic hydroxyl groups is 1. The van der Waals surface area contributed by atoms with Gasteiger partial charge in [-0.05, 0) is 63.4 Å². The number of carbonyl (C=O) groups is 1. The number of aliphatic hydroxyl groups excluding tert-OH is 1. The van der Waals surface area contributed by atoms with Crippen LogP contribution in [0.3, 0.4) is 0 Å². The lowest BCUT2D eigenvalue weighted by atomic mass is 10.1. The van der Waals surface area contributed by atoms with Gasteiger partial charge >= 0.3 is 0 Å². The Morgan fingerprint density at radius 3 is 2.44 bits per heavy atom. The summed E-state index contributed by atoms with van der Waals surface area (Å²) < 4.78 is 4.43. The molecule has 1 N–H and O–H groups in total. The Bertz CT molecular complexity index is 1230. The van der Waals surface area contributed by atoms with E-state index in [9.17, 15) is 4.79 Å². The van der Waals surface area contributed by atoms with Gasteiger partial charge in [0, 0.05) is 49.8 Å².